The fraction of sp³-hybridized carbons (Fsp3) is 0.391. The number of halogens is 1. The van der Waals surface area contributed by atoms with Gasteiger partial charge in [-0.05, 0) is 62.7 Å². The average Bonchev–Trinajstić information content (AvgIpc) is 3.47. The van der Waals surface area contributed by atoms with E-state index in [1.54, 1.807) is 6.26 Å². The molecular weight excluding hydrogens is 489 g/mol. The van der Waals surface area contributed by atoms with Gasteiger partial charge in [-0.25, -0.2) is 4.99 Å². The van der Waals surface area contributed by atoms with Crippen LogP contribution < -0.4 is 10.6 Å². The Morgan fingerprint density at radius 3 is 2.73 bits per heavy atom. The van der Waals surface area contributed by atoms with Crippen molar-refractivity contribution in [2.45, 2.75) is 32.4 Å². The van der Waals surface area contributed by atoms with Crippen molar-refractivity contribution in [1.29, 1.82) is 0 Å². The van der Waals surface area contributed by atoms with Gasteiger partial charge in [0.15, 0.2) is 5.96 Å². The van der Waals surface area contributed by atoms with Crippen LogP contribution >= 0.6 is 24.0 Å². The molecule has 1 unspecified atom stereocenters. The fourth-order valence-corrected chi connectivity index (χ4v) is 3.94. The molecule has 0 bridgehead atoms. The average molecular weight is 519 g/mol. The summed E-state index contributed by atoms with van der Waals surface area (Å²) in [6.45, 7) is 6.50. The molecule has 30 heavy (non-hydrogen) atoms. The molecule has 0 saturated carbocycles. The number of hydrogen-bond acceptors (Lipinski definition) is 4. The quantitative estimate of drug-likeness (QED) is 0.276. The van der Waals surface area contributed by atoms with Crippen molar-refractivity contribution in [3.63, 3.8) is 0 Å². The molecule has 3 heterocycles. The number of aliphatic imine (C=N–C) groups is 1. The van der Waals surface area contributed by atoms with Crippen LogP contribution in [0.4, 0.5) is 0 Å². The van der Waals surface area contributed by atoms with Crippen molar-refractivity contribution in [1.82, 2.24) is 20.5 Å². The molecule has 1 aromatic carbocycles. The third-order valence-corrected chi connectivity index (χ3v) is 5.41. The van der Waals surface area contributed by atoms with Crippen molar-refractivity contribution < 1.29 is 4.42 Å². The first-order valence-corrected chi connectivity index (χ1v) is 10.5. The van der Waals surface area contributed by atoms with E-state index in [4.69, 9.17) is 9.41 Å². The molecule has 160 valence electrons. The second-order valence-electron chi connectivity index (χ2n) is 7.34. The molecule has 4 rings (SSSR count). The number of furan rings is 1. The smallest absolute Gasteiger partial charge is 0.191 e. The number of benzene rings is 1. The zero-order valence-electron chi connectivity index (χ0n) is 17.4. The summed E-state index contributed by atoms with van der Waals surface area (Å²) in [5.41, 5.74) is 2.18. The van der Waals surface area contributed by atoms with Gasteiger partial charge >= 0.3 is 0 Å². The maximum Gasteiger partial charge on any atom is 0.191 e. The maximum atomic E-state index is 5.73. The second-order valence-corrected chi connectivity index (χ2v) is 7.34. The van der Waals surface area contributed by atoms with Gasteiger partial charge in [-0.1, -0.05) is 18.2 Å². The van der Waals surface area contributed by atoms with Crippen LogP contribution in [0.25, 0.3) is 10.9 Å². The first-order chi connectivity index (χ1) is 14.3. The molecule has 1 atom stereocenters. The van der Waals surface area contributed by atoms with Gasteiger partial charge in [-0.15, -0.1) is 24.0 Å². The van der Waals surface area contributed by atoms with Crippen LogP contribution in [0.15, 0.2) is 64.3 Å². The van der Waals surface area contributed by atoms with Crippen LogP contribution in [0.1, 0.15) is 37.1 Å². The lowest BCUT2D eigenvalue weighted by Crippen LogP contribution is -2.42. The highest BCUT2D eigenvalue weighted by Gasteiger charge is 2.25. The highest BCUT2D eigenvalue weighted by Crippen LogP contribution is 2.25. The van der Waals surface area contributed by atoms with Crippen molar-refractivity contribution in [3.05, 3.63) is 66.2 Å². The number of fused-ring (bicyclic) bond motifs is 1. The minimum atomic E-state index is 0. The molecule has 1 fully saturated rings. The Hall–Kier alpha value is -2.13. The fourth-order valence-electron chi connectivity index (χ4n) is 3.94. The molecule has 7 heteroatoms. The summed E-state index contributed by atoms with van der Waals surface area (Å²) in [5.74, 6) is 1.83. The molecule has 0 radical (unpaired) electrons. The molecule has 1 saturated heterocycles. The lowest BCUT2D eigenvalue weighted by Gasteiger charge is -2.26. The topological polar surface area (TPSA) is 65.7 Å². The molecular formula is C23H30IN5O. The Morgan fingerprint density at radius 1 is 1.13 bits per heavy atom. The van der Waals surface area contributed by atoms with Gasteiger partial charge in [0.1, 0.15) is 5.76 Å². The van der Waals surface area contributed by atoms with Gasteiger partial charge in [0, 0.05) is 24.7 Å². The van der Waals surface area contributed by atoms with Crippen molar-refractivity contribution in [2.24, 2.45) is 4.99 Å². The van der Waals surface area contributed by atoms with Crippen molar-refractivity contribution >= 4 is 40.8 Å². The summed E-state index contributed by atoms with van der Waals surface area (Å²) in [4.78, 5) is 11.8. The molecule has 2 aromatic heterocycles. The normalized spacial score (nSPS) is 15.7. The Morgan fingerprint density at radius 2 is 1.97 bits per heavy atom. The zero-order chi connectivity index (χ0) is 19.9. The predicted octanol–water partition coefficient (Wildman–Crippen LogP) is 4.34. The molecule has 2 N–H and O–H groups in total. The van der Waals surface area contributed by atoms with Gasteiger partial charge in [0.05, 0.1) is 24.4 Å². The monoisotopic (exact) mass is 519 g/mol. The van der Waals surface area contributed by atoms with Gasteiger partial charge in [-0.2, -0.15) is 0 Å². The summed E-state index contributed by atoms with van der Waals surface area (Å²) in [5, 5.41) is 8.05. The van der Waals surface area contributed by atoms with E-state index in [1.165, 1.54) is 18.4 Å². The Balaban J connectivity index is 0.00000256. The van der Waals surface area contributed by atoms with E-state index in [9.17, 15) is 0 Å². The summed E-state index contributed by atoms with van der Waals surface area (Å²) >= 11 is 0. The lowest BCUT2D eigenvalue weighted by molar-refractivity contribution is 0.215. The predicted molar refractivity (Wildman–Crippen MR) is 132 cm³/mol. The largest absolute Gasteiger partial charge is 0.468 e. The van der Waals surface area contributed by atoms with Crippen LogP contribution in [0.5, 0.6) is 0 Å². The number of nitrogens with one attached hydrogen (secondary N) is 2. The maximum absolute atomic E-state index is 5.73. The van der Waals surface area contributed by atoms with Gasteiger partial charge in [-0.3, -0.25) is 9.88 Å². The number of hydrogen-bond donors (Lipinski definition) is 2. The summed E-state index contributed by atoms with van der Waals surface area (Å²) in [7, 11) is 0. The minimum Gasteiger partial charge on any atom is -0.468 e. The number of pyridine rings is 1. The Bertz CT molecular complexity index is 932. The number of aromatic nitrogens is 1. The molecule has 3 aromatic rings. The van der Waals surface area contributed by atoms with E-state index in [2.05, 4.69) is 39.6 Å². The molecule has 1 aliphatic heterocycles. The first kappa shape index (κ1) is 22.6. The zero-order valence-corrected chi connectivity index (χ0v) is 19.7. The van der Waals surface area contributed by atoms with Crippen LogP contribution in [0, 0.1) is 0 Å². The Labute approximate surface area is 195 Å². The van der Waals surface area contributed by atoms with Gasteiger partial charge in [0.25, 0.3) is 0 Å². The SMILES string of the molecule is CCNC(=NCc1ccnc2ccccc12)NCC(c1ccco1)N1CCCC1.I. The van der Waals surface area contributed by atoms with E-state index in [1.807, 2.05) is 36.5 Å². The molecule has 0 amide bonds. The van der Waals surface area contributed by atoms with E-state index >= 15 is 0 Å². The number of nitrogens with zero attached hydrogens (tertiary/aromatic N) is 3. The van der Waals surface area contributed by atoms with Crippen LogP contribution in [0.3, 0.4) is 0 Å². The van der Waals surface area contributed by atoms with E-state index in [-0.39, 0.29) is 30.0 Å². The van der Waals surface area contributed by atoms with Gasteiger partial charge in [0.2, 0.25) is 0 Å². The molecule has 6 nitrogen and oxygen atoms in total. The molecule has 1 aliphatic rings. The third kappa shape index (κ3) is 5.51. The van der Waals surface area contributed by atoms with Crippen molar-refractivity contribution in [3.8, 4) is 0 Å². The van der Waals surface area contributed by atoms with Crippen LogP contribution in [-0.2, 0) is 6.54 Å². The van der Waals surface area contributed by atoms with E-state index in [0.717, 1.165) is 48.8 Å². The number of para-hydroxylation sites is 1. The molecule has 0 spiro atoms. The highest BCUT2D eigenvalue weighted by atomic mass is 127. The number of guanidine groups is 1. The van der Waals surface area contributed by atoms with Crippen molar-refractivity contribution in [2.75, 3.05) is 26.2 Å². The van der Waals surface area contributed by atoms with E-state index < -0.39 is 0 Å². The van der Waals surface area contributed by atoms with Gasteiger partial charge < -0.3 is 15.1 Å². The minimum absolute atomic E-state index is 0. The van der Waals surface area contributed by atoms with Crippen LogP contribution in [0.2, 0.25) is 0 Å². The standard InChI is InChI=1S/C23H29N5O.HI/c1-2-24-23(26-16-18-11-12-25-20-9-4-3-8-19(18)20)27-17-21(22-10-7-15-29-22)28-13-5-6-14-28;/h3-4,7-12,15,21H,2,5-6,13-14,16-17H2,1H3,(H2,24,26,27);1H. The first-order valence-electron chi connectivity index (χ1n) is 10.5. The highest BCUT2D eigenvalue weighted by molar-refractivity contribution is 14.0. The number of likely N-dealkylation sites (tertiary alicyclic amines) is 1. The third-order valence-electron chi connectivity index (χ3n) is 5.41. The Kier molecular flexibility index (Phi) is 8.50. The van der Waals surface area contributed by atoms with Crippen LogP contribution in [-0.4, -0.2) is 42.0 Å². The van der Waals surface area contributed by atoms with E-state index in [0.29, 0.717) is 6.54 Å². The number of rotatable bonds is 7. The summed E-state index contributed by atoms with van der Waals surface area (Å²) in [6.07, 6.45) is 6.11. The summed E-state index contributed by atoms with van der Waals surface area (Å²) < 4.78 is 5.73. The second kappa shape index (κ2) is 11.3. The molecule has 0 aliphatic carbocycles. The lowest BCUT2D eigenvalue weighted by atomic mass is 10.1. The summed E-state index contributed by atoms with van der Waals surface area (Å²) in [6, 6.07) is 14.5.